The summed E-state index contributed by atoms with van der Waals surface area (Å²) in [5.74, 6) is -0.981. The molecule has 1 heterocycles. The van der Waals surface area contributed by atoms with Gasteiger partial charge in [0.15, 0.2) is 18.2 Å². The zero-order valence-corrected chi connectivity index (χ0v) is 15.5. The Hall–Kier alpha value is -4.07. The maximum atomic E-state index is 13.9. The molecule has 4 rings (SSSR count). The Labute approximate surface area is 170 Å². The number of para-hydroxylation sites is 1. The average molecular weight is 407 g/mol. The Morgan fingerprint density at radius 3 is 2.53 bits per heavy atom. The third-order valence-corrected chi connectivity index (χ3v) is 3.96. The highest BCUT2D eigenvalue weighted by atomic mass is 19.1. The van der Waals surface area contributed by atoms with Gasteiger partial charge in [0, 0.05) is 6.07 Å². The molecule has 0 atom stereocenters. The molecule has 0 saturated carbocycles. The highest BCUT2D eigenvalue weighted by Gasteiger charge is 2.16. The van der Waals surface area contributed by atoms with E-state index in [1.807, 2.05) is 30.3 Å². The number of rotatable bonds is 7. The molecular weight excluding hydrogens is 392 g/mol. The molecule has 0 aliphatic rings. The third kappa shape index (κ3) is 4.67. The van der Waals surface area contributed by atoms with Crippen LogP contribution in [0.25, 0.3) is 11.5 Å². The monoisotopic (exact) mass is 407 g/mol. The Bertz CT molecular complexity index is 1160. The summed E-state index contributed by atoms with van der Waals surface area (Å²) in [5, 5.41) is 11.8. The van der Waals surface area contributed by atoms with E-state index in [1.54, 1.807) is 30.5 Å². The number of oxime groups is 1. The summed E-state index contributed by atoms with van der Waals surface area (Å²) < 4.78 is 38.2. The van der Waals surface area contributed by atoms with E-state index in [0.29, 0.717) is 5.56 Å². The number of hydrogen-bond acceptors (Lipinski definition) is 6. The van der Waals surface area contributed by atoms with Gasteiger partial charge in [0.2, 0.25) is 0 Å². The van der Waals surface area contributed by atoms with Crippen molar-refractivity contribution in [3.63, 3.8) is 0 Å². The molecule has 0 bridgehead atoms. The van der Waals surface area contributed by atoms with E-state index in [2.05, 4.69) is 15.4 Å². The van der Waals surface area contributed by atoms with E-state index < -0.39 is 11.6 Å². The number of benzene rings is 3. The average Bonchev–Trinajstić information content (AvgIpc) is 3.23. The van der Waals surface area contributed by atoms with Crippen molar-refractivity contribution in [1.82, 2.24) is 10.2 Å². The van der Waals surface area contributed by atoms with Crippen LogP contribution in [0, 0.1) is 11.6 Å². The molecule has 30 heavy (non-hydrogen) atoms. The molecular formula is C22H15F2N3O3. The topological polar surface area (TPSA) is 69.7 Å². The summed E-state index contributed by atoms with van der Waals surface area (Å²) in [4.78, 5) is 5.18. The number of halogens is 2. The molecule has 0 radical (unpaired) electrons. The number of hydrogen-bond donors (Lipinski definition) is 0. The van der Waals surface area contributed by atoms with E-state index in [0.717, 1.165) is 17.7 Å². The molecule has 3 aromatic carbocycles. The van der Waals surface area contributed by atoms with Crippen molar-refractivity contribution in [3.05, 3.63) is 95.9 Å². The normalized spacial score (nSPS) is 11.0. The predicted molar refractivity (Wildman–Crippen MR) is 105 cm³/mol. The second-order valence-corrected chi connectivity index (χ2v) is 6.09. The minimum Gasteiger partial charge on any atom is -0.453 e. The highest BCUT2D eigenvalue weighted by Crippen LogP contribution is 2.33. The molecule has 0 N–H and O–H groups in total. The third-order valence-electron chi connectivity index (χ3n) is 3.96. The van der Waals surface area contributed by atoms with E-state index in [1.165, 1.54) is 6.07 Å². The van der Waals surface area contributed by atoms with E-state index in [9.17, 15) is 8.78 Å². The zero-order valence-electron chi connectivity index (χ0n) is 15.5. The Morgan fingerprint density at radius 2 is 1.70 bits per heavy atom. The fourth-order valence-electron chi connectivity index (χ4n) is 2.56. The summed E-state index contributed by atoms with van der Waals surface area (Å²) in [6.07, 6.45) is 1.57. The van der Waals surface area contributed by atoms with Crippen LogP contribution in [-0.2, 0) is 11.4 Å². The van der Waals surface area contributed by atoms with Gasteiger partial charge in [-0.3, -0.25) is 0 Å². The van der Waals surface area contributed by atoms with Gasteiger partial charge in [-0.1, -0.05) is 47.6 Å². The van der Waals surface area contributed by atoms with Crippen LogP contribution in [0.5, 0.6) is 11.5 Å². The molecule has 0 saturated heterocycles. The summed E-state index contributed by atoms with van der Waals surface area (Å²) in [6, 6.07) is 19.3. The molecule has 6 nitrogen and oxygen atoms in total. The highest BCUT2D eigenvalue weighted by molar-refractivity contribution is 5.78. The minimum absolute atomic E-state index is 0.0219. The fraction of sp³-hybridized carbons (Fsp3) is 0.0455. The van der Waals surface area contributed by atoms with Crippen molar-refractivity contribution < 1.29 is 22.8 Å². The first-order chi connectivity index (χ1) is 14.7. The quantitative estimate of drug-likeness (QED) is 0.305. The molecule has 0 amide bonds. The smallest absolute Gasteiger partial charge is 0.257 e. The Morgan fingerprint density at radius 1 is 0.900 bits per heavy atom. The maximum Gasteiger partial charge on any atom is 0.257 e. The second kappa shape index (κ2) is 8.95. The lowest BCUT2D eigenvalue weighted by atomic mass is 10.2. The van der Waals surface area contributed by atoms with Crippen molar-refractivity contribution in [2.24, 2.45) is 5.16 Å². The van der Waals surface area contributed by atoms with Crippen molar-refractivity contribution in [1.29, 1.82) is 0 Å². The van der Waals surface area contributed by atoms with Gasteiger partial charge in [-0.05, 0) is 29.8 Å². The molecule has 0 aliphatic heterocycles. The van der Waals surface area contributed by atoms with Crippen LogP contribution in [-0.4, -0.2) is 16.4 Å². The molecule has 8 heteroatoms. The van der Waals surface area contributed by atoms with Gasteiger partial charge < -0.3 is 14.0 Å². The van der Waals surface area contributed by atoms with E-state index in [-0.39, 0.29) is 29.9 Å². The molecule has 150 valence electrons. The van der Waals surface area contributed by atoms with Gasteiger partial charge in [-0.25, -0.2) is 8.78 Å². The lowest BCUT2D eigenvalue weighted by Crippen LogP contribution is -1.92. The standard InChI is InChI=1S/C22H15F2N3O3/c23-16-10-11-20(18(24)12-16)29-19-9-5-4-8-17(19)22-27-26-21(30-22)14-28-25-13-15-6-2-1-3-7-15/h1-13H,14H2. The van der Waals surface area contributed by atoms with Crippen molar-refractivity contribution >= 4 is 6.21 Å². The first-order valence-electron chi connectivity index (χ1n) is 8.94. The lowest BCUT2D eigenvalue weighted by Gasteiger charge is -2.09. The maximum absolute atomic E-state index is 13.9. The molecule has 0 aliphatic carbocycles. The first kappa shape index (κ1) is 19.3. The zero-order chi connectivity index (χ0) is 20.8. The van der Waals surface area contributed by atoms with Crippen LogP contribution < -0.4 is 4.74 Å². The van der Waals surface area contributed by atoms with Crippen molar-refractivity contribution in [3.8, 4) is 23.0 Å². The Kier molecular flexibility index (Phi) is 5.75. The van der Waals surface area contributed by atoms with E-state index in [4.69, 9.17) is 14.0 Å². The van der Waals surface area contributed by atoms with Crippen LogP contribution in [0.1, 0.15) is 11.5 Å². The van der Waals surface area contributed by atoms with Gasteiger partial charge in [0.1, 0.15) is 11.6 Å². The predicted octanol–water partition coefficient (Wildman–Crippen LogP) is 5.36. The lowest BCUT2D eigenvalue weighted by molar-refractivity contribution is 0.112. The minimum atomic E-state index is -0.819. The van der Waals surface area contributed by atoms with Crippen LogP contribution in [0.15, 0.2) is 82.4 Å². The summed E-state index contributed by atoms with van der Waals surface area (Å²) in [5.41, 5.74) is 1.34. The largest absolute Gasteiger partial charge is 0.453 e. The molecule has 1 aromatic heterocycles. The van der Waals surface area contributed by atoms with Gasteiger partial charge >= 0.3 is 0 Å². The van der Waals surface area contributed by atoms with Crippen molar-refractivity contribution in [2.75, 3.05) is 0 Å². The summed E-state index contributed by atoms with van der Waals surface area (Å²) in [7, 11) is 0. The Balaban J connectivity index is 1.46. The van der Waals surface area contributed by atoms with Gasteiger partial charge in [0.05, 0.1) is 11.8 Å². The molecule has 0 unspecified atom stereocenters. The molecule has 0 fully saturated rings. The van der Waals surface area contributed by atoms with E-state index >= 15 is 0 Å². The molecule has 4 aromatic rings. The summed E-state index contributed by atoms with van der Waals surface area (Å²) in [6.45, 7) is -0.0219. The summed E-state index contributed by atoms with van der Waals surface area (Å²) >= 11 is 0. The molecule has 0 spiro atoms. The fourth-order valence-corrected chi connectivity index (χ4v) is 2.56. The van der Waals surface area contributed by atoms with Crippen molar-refractivity contribution in [2.45, 2.75) is 6.61 Å². The van der Waals surface area contributed by atoms with Crippen LogP contribution in [0.2, 0.25) is 0 Å². The van der Waals surface area contributed by atoms with Gasteiger partial charge in [0.25, 0.3) is 11.8 Å². The van der Waals surface area contributed by atoms with Crippen LogP contribution >= 0.6 is 0 Å². The first-order valence-corrected chi connectivity index (χ1v) is 8.94. The van der Waals surface area contributed by atoms with Gasteiger partial charge in [-0.15, -0.1) is 10.2 Å². The second-order valence-electron chi connectivity index (χ2n) is 6.09. The number of aromatic nitrogens is 2. The SMILES string of the molecule is Fc1ccc(Oc2ccccc2-c2nnc(CON=Cc3ccccc3)o2)c(F)c1. The van der Waals surface area contributed by atoms with Gasteiger partial charge in [-0.2, -0.15) is 0 Å². The van der Waals surface area contributed by atoms with Crippen LogP contribution in [0.3, 0.4) is 0 Å². The number of nitrogens with zero attached hydrogens (tertiary/aromatic N) is 3. The van der Waals surface area contributed by atoms with Crippen LogP contribution in [0.4, 0.5) is 8.78 Å². The number of ether oxygens (including phenoxy) is 1.